The van der Waals surface area contributed by atoms with Gasteiger partial charge in [0.15, 0.2) is 5.78 Å². The maximum atomic E-state index is 13.3. The van der Waals surface area contributed by atoms with E-state index in [1.165, 1.54) is 5.56 Å². The van der Waals surface area contributed by atoms with Gasteiger partial charge in [-0.25, -0.2) is 0 Å². The molecule has 0 saturated heterocycles. The van der Waals surface area contributed by atoms with Crippen LogP contribution in [0.15, 0.2) is 59.8 Å². The van der Waals surface area contributed by atoms with Gasteiger partial charge in [-0.15, -0.1) is 0 Å². The highest BCUT2D eigenvalue weighted by atomic mass is 16.5. The number of nitrogens with zero attached hydrogens (tertiary/aromatic N) is 1. The van der Waals surface area contributed by atoms with Crippen molar-refractivity contribution in [3.63, 3.8) is 0 Å². The summed E-state index contributed by atoms with van der Waals surface area (Å²) in [5, 5.41) is 0. The van der Waals surface area contributed by atoms with Crippen LogP contribution in [0.4, 0.5) is 5.69 Å². The predicted molar refractivity (Wildman–Crippen MR) is 119 cm³/mol. The maximum Gasteiger partial charge on any atom is 0.232 e. The second kappa shape index (κ2) is 8.47. The largest absolute Gasteiger partial charge is 0.494 e. The van der Waals surface area contributed by atoms with Crippen LogP contribution in [-0.4, -0.2) is 18.3 Å². The topological polar surface area (TPSA) is 46.6 Å². The third-order valence-corrected chi connectivity index (χ3v) is 6.09. The molecule has 4 nitrogen and oxygen atoms in total. The summed E-state index contributed by atoms with van der Waals surface area (Å²) in [5.41, 5.74) is 4.83. The number of carbonyl (C=O) groups is 2. The lowest BCUT2D eigenvalue weighted by atomic mass is 9.77. The number of anilines is 1. The van der Waals surface area contributed by atoms with Gasteiger partial charge in [-0.05, 0) is 61.1 Å². The molecule has 0 saturated carbocycles. The van der Waals surface area contributed by atoms with E-state index in [0.717, 1.165) is 41.1 Å². The fraction of sp³-hybridized carbons (Fsp3) is 0.385. The van der Waals surface area contributed by atoms with E-state index in [0.29, 0.717) is 25.4 Å². The summed E-state index contributed by atoms with van der Waals surface area (Å²) in [6, 6.07) is 16.0. The molecule has 2 aromatic rings. The van der Waals surface area contributed by atoms with Gasteiger partial charge in [0.05, 0.1) is 6.61 Å². The molecule has 4 rings (SSSR count). The first-order valence-corrected chi connectivity index (χ1v) is 10.9. The molecule has 1 aliphatic carbocycles. The number of amides is 1. The Bertz CT molecular complexity index is 970. The van der Waals surface area contributed by atoms with Gasteiger partial charge in [0.1, 0.15) is 5.75 Å². The Morgan fingerprint density at radius 3 is 2.33 bits per heavy atom. The molecule has 0 spiro atoms. The molecule has 1 aliphatic heterocycles. The number of hydrogen-bond donors (Lipinski definition) is 0. The van der Waals surface area contributed by atoms with Crippen LogP contribution in [-0.2, 0) is 9.59 Å². The Kier molecular flexibility index (Phi) is 5.76. The molecule has 1 atom stereocenters. The molecule has 1 unspecified atom stereocenters. The van der Waals surface area contributed by atoms with Crippen molar-refractivity contribution in [2.45, 2.75) is 58.3 Å². The monoisotopic (exact) mass is 403 g/mol. The zero-order valence-corrected chi connectivity index (χ0v) is 18.0. The van der Waals surface area contributed by atoms with E-state index >= 15 is 0 Å². The first kappa shape index (κ1) is 20.4. The highest BCUT2D eigenvalue weighted by Gasteiger charge is 2.39. The summed E-state index contributed by atoms with van der Waals surface area (Å²) in [6.07, 6.45) is 2.42. The third-order valence-electron chi connectivity index (χ3n) is 6.09. The standard InChI is InChI=1S/C26H29NO3/c1-4-30-21-14-12-20(13-15-21)27-23-6-5-7-24(28)26(23)22(16-25(27)29)19-10-8-18(9-11-19)17(2)3/h8-15,17,22H,4-7,16H2,1-3H3. The molecule has 0 N–H and O–H groups in total. The van der Waals surface area contributed by atoms with Crippen LogP contribution in [0.25, 0.3) is 0 Å². The minimum absolute atomic E-state index is 0.0468. The summed E-state index contributed by atoms with van der Waals surface area (Å²) < 4.78 is 5.53. The summed E-state index contributed by atoms with van der Waals surface area (Å²) in [7, 11) is 0. The average Bonchev–Trinajstić information content (AvgIpc) is 2.74. The second-order valence-electron chi connectivity index (χ2n) is 8.37. The van der Waals surface area contributed by atoms with Crippen LogP contribution < -0.4 is 9.64 Å². The third kappa shape index (κ3) is 3.79. The lowest BCUT2D eigenvalue weighted by Gasteiger charge is -2.38. The Labute approximate surface area is 178 Å². The maximum absolute atomic E-state index is 13.3. The second-order valence-corrected chi connectivity index (χ2v) is 8.37. The van der Waals surface area contributed by atoms with E-state index in [2.05, 4.69) is 38.1 Å². The fourth-order valence-corrected chi connectivity index (χ4v) is 4.55. The van der Waals surface area contributed by atoms with Crippen molar-refractivity contribution < 1.29 is 14.3 Å². The van der Waals surface area contributed by atoms with Crippen molar-refractivity contribution in [2.24, 2.45) is 0 Å². The number of benzene rings is 2. The molecule has 1 heterocycles. The van der Waals surface area contributed by atoms with Crippen LogP contribution in [0.2, 0.25) is 0 Å². The lowest BCUT2D eigenvalue weighted by Crippen LogP contribution is -2.40. The fourth-order valence-electron chi connectivity index (χ4n) is 4.55. The molecule has 30 heavy (non-hydrogen) atoms. The molecule has 0 bridgehead atoms. The van der Waals surface area contributed by atoms with Crippen LogP contribution >= 0.6 is 0 Å². The lowest BCUT2D eigenvalue weighted by molar-refractivity contribution is -0.119. The number of rotatable bonds is 5. The van der Waals surface area contributed by atoms with Crippen LogP contribution in [0.3, 0.4) is 0 Å². The molecule has 156 valence electrons. The van der Waals surface area contributed by atoms with Crippen molar-refractivity contribution >= 4 is 17.4 Å². The number of carbonyl (C=O) groups excluding carboxylic acids is 2. The summed E-state index contributed by atoms with van der Waals surface area (Å²) in [6.45, 7) is 6.88. The minimum Gasteiger partial charge on any atom is -0.494 e. The summed E-state index contributed by atoms with van der Waals surface area (Å²) in [5.74, 6) is 1.31. The van der Waals surface area contributed by atoms with E-state index < -0.39 is 0 Å². The number of ketones is 1. The van der Waals surface area contributed by atoms with Gasteiger partial charge in [0.25, 0.3) is 0 Å². The summed E-state index contributed by atoms with van der Waals surface area (Å²) in [4.78, 5) is 28.0. The zero-order valence-electron chi connectivity index (χ0n) is 18.0. The van der Waals surface area contributed by atoms with Gasteiger partial charge in [0, 0.05) is 35.7 Å². The van der Waals surface area contributed by atoms with Gasteiger partial charge < -0.3 is 4.74 Å². The number of Topliss-reactive ketones (excluding diaryl/α,β-unsaturated/α-hetero) is 1. The molecular weight excluding hydrogens is 374 g/mol. The zero-order chi connectivity index (χ0) is 21.3. The van der Waals surface area contributed by atoms with Gasteiger partial charge >= 0.3 is 0 Å². The van der Waals surface area contributed by atoms with E-state index in [4.69, 9.17) is 4.74 Å². The van der Waals surface area contributed by atoms with Crippen LogP contribution in [0.1, 0.15) is 69.4 Å². The Balaban J connectivity index is 1.74. The van der Waals surface area contributed by atoms with E-state index in [1.807, 2.05) is 31.2 Å². The van der Waals surface area contributed by atoms with Gasteiger partial charge in [0.2, 0.25) is 5.91 Å². The first-order chi connectivity index (χ1) is 14.5. The smallest absolute Gasteiger partial charge is 0.232 e. The van der Waals surface area contributed by atoms with Crippen molar-refractivity contribution in [1.29, 1.82) is 0 Å². The molecule has 4 heteroatoms. The summed E-state index contributed by atoms with van der Waals surface area (Å²) >= 11 is 0. The quantitative estimate of drug-likeness (QED) is 0.640. The molecule has 2 aliphatic rings. The molecule has 0 fully saturated rings. The van der Waals surface area contributed by atoms with Crippen molar-refractivity contribution in [2.75, 3.05) is 11.5 Å². The number of allylic oxidation sites excluding steroid dienone is 2. The predicted octanol–water partition coefficient (Wildman–Crippen LogP) is 5.74. The van der Waals surface area contributed by atoms with E-state index in [9.17, 15) is 9.59 Å². The van der Waals surface area contributed by atoms with Gasteiger partial charge in [-0.1, -0.05) is 38.1 Å². The Morgan fingerprint density at radius 2 is 1.70 bits per heavy atom. The molecule has 0 aromatic heterocycles. The van der Waals surface area contributed by atoms with Gasteiger partial charge in [-0.2, -0.15) is 0 Å². The minimum atomic E-state index is -0.152. The SMILES string of the molecule is CCOc1ccc(N2C(=O)CC(c3ccc(C(C)C)cc3)C3=C2CCCC3=O)cc1. The van der Waals surface area contributed by atoms with Crippen LogP contribution in [0.5, 0.6) is 5.75 Å². The van der Waals surface area contributed by atoms with Gasteiger partial charge in [-0.3, -0.25) is 14.5 Å². The molecule has 0 radical (unpaired) electrons. The normalized spacial score (nSPS) is 19.3. The highest BCUT2D eigenvalue weighted by Crippen LogP contribution is 2.43. The first-order valence-electron chi connectivity index (χ1n) is 10.9. The Hall–Kier alpha value is -2.88. The van der Waals surface area contributed by atoms with Crippen molar-refractivity contribution in [3.05, 3.63) is 70.9 Å². The molecule has 2 aromatic carbocycles. The van der Waals surface area contributed by atoms with E-state index in [-0.39, 0.29) is 17.6 Å². The van der Waals surface area contributed by atoms with Crippen molar-refractivity contribution in [3.8, 4) is 5.75 Å². The number of ether oxygens (including phenoxy) is 1. The highest BCUT2D eigenvalue weighted by molar-refractivity contribution is 6.07. The molecule has 1 amide bonds. The number of hydrogen-bond acceptors (Lipinski definition) is 3. The average molecular weight is 404 g/mol. The Morgan fingerprint density at radius 1 is 1.00 bits per heavy atom. The van der Waals surface area contributed by atoms with Crippen molar-refractivity contribution in [1.82, 2.24) is 0 Å². The van der Waals surface area contributed by atoms with E-state index in [1.54, 1.807) is 4.90 Å². The molecular formula is C26H29NO3. The van der Waals surface area contributed by atoms with Crippen LogP contribution in [0, 0.1) is 0 Å².